The normalized spacial score (nSPS) is 9.70. The van der Waals surface area contributed by atoms with Gasteiger partial charge in [0.1, 0.15) is 12.6 Å². The van der Waals surface area contributed by atoms with Crippen molar-refractivity contribution in [2.45, 2.75) is 5.16 Å². The lowest BCUT2D eigenvalue weighted by Crippen LogP contribution is -1.90. The minimum Gasteiger partial charge on any atom is -0.312 e. The monoisotopic (exact) mass is 157 g/mol. The second-order valence-corrected chi connectivity index (χ2v) is 2.69. The smallest absolute Gasteiger partial charge is 0.191 e. The lowest BCUT2D eigenvalue weighted by atomic mass is 10.9. The quantitative estimate of drug-likeness (QED) is 0.461. The van der Waals surface area contributed by atoms with E-state index in [0.717, 1.165) is 11.4 Å². The molecule has 0 saturated heterocycles. The highest BCUT2D eigenvalue weighted by atomic mass is 32.2. The second-order valence-electron chi connectivity index (χ2n) is 1.70. The van der Waals surface area contributed by atoms with Gasteiger partial charge in [-0.3, -0.25) is 0 Å². The van der Waals surface area contributed by atoms with Crippen molar-refractivity contribution in [3.63, 3.8) is 0 Å². The summed E-state index contributed by atoms with van der Waals surface area (Å²) in [6, 6.07) is 0. The number of aromatic nitrogens is 3. The Morgan fingerprint density at radius 3 is 3.20 bits per heavy atom. The maximum atomic E-state index is 9.93. The Kier molecular flexibility index (Phi) is 2.44. The number of carbonyl (C=O) groups is 1. The molecule has 0 saturated carbocycles. The van der Waals surface area contributed by atoms with E-state index in [1.807, 2.05) is 7.05 Å². The molecule has 1 heterocycles. The average molecular weight is 157 g/mol. The Bertz CT molecular complexity index is 222. The molecule has 10 heavy (non-hydrogen) atoms. The lowest BCUT2D eigenvalue weighted by molar-refractivity contribution is -0.105. The highest BCUT2D eigenvalue weighted by molar-refractivity contribution is 7.99. The van der Waals surface area contributed by atoms with Gasteiger partial charge in [-0.2, -0.15) is 0 Å². The van der Waals surface area contributed by atoms with Crippen molar-refractivity contribution in [3.8, 4) is 0 Å². The van der Waals surface area contributed by atoms with Crippen LogP contribution in [0.25, 0.3) is 0 Å². The fraction of sp³-hybridized carbons (Fsp3) is 0.400. The first-order valence-electron chi connectivity index (χ1n) is 2.75. The molecule has 54 valence electrons. The SMILES string of the molecule is Cn1cnnc1SCC=O. The molecule has 1 rings (SSSR count). The molecule has 4 nitrogen and oxygen atoms in total. The number of hydrogen-bond acceptors (Lipinski definition) is 4. The minimum absolute atomic E-state index is 0.437. The molecule has 0 radical (unpaired) electrons. The third-order valence-corrected chi connectivity index (χ3v) is 1.88. The van der Waals surface area contributed by atoms with E-state index in [2.05, 4.69) is 10.2 Å². The topological polar surface area (TPSA) is 47.8 Å². The fourth-order valence-corrected chi connectivity index (χ4v) is 1.08. The van der Waals surface area contributed by atoms with Gasteiger partial charge in [0.15, 0.2) is 5.16 Å². The van der Waals surface area contributed by atoms with Crippen LogP contribution in [0.2, 0.25) is 0 Å². The van der Waals surface area contributed by atoms with Crippen LogP contribution in [-0.4, -0.2) is 26.8 Å². The van der Waals surface area contributed by atoms with Crippen LogP contribution in [0, 0.1) is 0 Å². The third kappa shape index (κ3) is 1.57. The number of rotatable bonds is 3. The first-order chi connectivity index (χ1) is 4.84. The number of hydrogen-bond donors (Lipinski definition) is 0. The number of thioether (sulfide) groups is 1. The van der Waals surface area contributed by atoms with Crippen LogP contribution in [0.15, 0.2) is 11.5 Å². The van der Waals surface area contributed by atoms with E-state index in [0.29, 0.717) is 5.75 Å². The molecule has 0 aliphatic rings. The molecule has 1 aromatic heterocycles. The highest BCUT2D eigenvalue weighted by Gasteiger charge is 1.98. The van der Waals surface area contributed by atoms with Crippen LogP contribution < -0.4 is 0 Å². The van der Waals surface area contributed by atoms with Gasteiger partial charge < -0.3 is 9.36 Å². The number of aldehydes is 1. The van der Waals surface area contributed by atoms with E-state index in [-0.39, 0.29) is 0 Å². The van der Waals surface area contributed by atoms with E-state index in [9.17, 15) is 4.79 Å². The van der Waals surface area contributed by atoms with Crippen LogP contribution in [-0.2, 0) is 11.8 Å². The Morgan fingerprint density at radius 1 is 1.90 bits per heavy atom. The molecule has 0 aliphatic heterocycles. The van der Waals surface area contributed by atoms with Crippen LogP contribution >= 0.6 is 11.8 Å². The molecule has 0 spiro atoms. The van der Waals surface area contributed by atoms with Gasteiger partial charge in [0.05, 0.1) is 5.75 Å². The standard InChI is InChI=1S/C5H7N3OS/c1-8-4-6-7-5(8)10-3-2-9/h2,4H,3H2,1H3. The van der Waals surface area contributed by atoms with Gasteiger partial charge in [-0.1, -0.05) is 11.8 Å². The minimum atomic E-state index is 0.437. The van der Waals surface area contributed by atoms with Gasteiger partial charge >= 0.3 is 0 Å². The summed E-state index contributed by atoms with van der Waals surface area (Å²) in [7, 11) is 1.84. The summed E-state index contributed by atoms with van der Waals surface area (Å²) in [6.45, 7) is 0. The molecule has 0 unspecified atom stereocenters. The Labute approximate surface area is 62.6 Å². The Morgan fingerprint density at radius 2 is 2.70 bits per heavy atom. The predicted octanol–water partition coefficient (Wildman–Crippen LogP) is 0.106. The molecule has 0 atom stereocenters. The van der Waals surface area contributed by atoms with Crippen molar-refractivity contribution in [3.05, 3.63) is 6.33 Å². The van der Waals surface area contributed by atoms with Crippen LogP contribution in [0.1, 0.15) is 0 Å². The molecule has 1 aromatic rings. The van der Waals surface area contributed by atoms with Crippen molar-refractivity contribution in [2.75, 3.05) is 5.75 Å². The van der Waals surface area contributed by atoms with Crippen molar-refractivity contribution in [1.82, 2.24) is 14.8 Å². The van der Waals surface area contributed by atoms with Crippen molar-refractivity contribution < 1.29 is 4.79 Å². The summed E-state index contributed by atoms with van der Waals surface area (Å²) in [5.41, 5.74) is 0. The summed E-state index contributed by atoms with van der Waals surface area (Å²) in [5, 5.41) is 8.19. The zero-order valence-electron chi connectivity index (χ0n) is 5.52. The van der Waals surface area contributed by atoms with Crippen LogP contribution in [0.4, 0.5) is 0 Å². The first kappa shape index (κ1) is 7.27. The molecule has 0 bridgehead atoms. The van der Waals surface area contributed by atoms with Gasteiger partial charge in [-0.05, 0) is 0 Å². The Balaban J connectivity index is 2.56. The zero-order chi connectivity index (χ0) is 7.40. The van der Waals surface area contributed by atoms with Crippen molar-refractivity contribution in [2.24, 2.45) is 7.05 Å². The zero-order valence-corrected chi connectivity index (χ0v) is 6.34. The van der Waals surface area contributed by atoms with Crippen LogP contribution in [0.3, 0.4) is 0 Å². The molecule has 0 aliphatic carbocycles. The fourth-order valence-electron chi connectivity index (χ4n) is 0.512. The summed E-state index contributed by atoms with van der Waals surface area (Å²) >= 11 is 1.37. The van der Waals surface area contributed by atoms with Crippen molar-refractivity contribution >= 4 is 18.0 Å². The molecule has 0 fully saturated rings. The first-order valence-corrected chi connectivity index (χ1v) is 3.73. The molecule has 0 amide bonds. The van der Waals surface area contributed by atoms with E-state index >= 15 is 0 Å². The summed E-state index contributed by atoms with van der Waals surface area (Å²) in [6.07, 6.45) is 2.45. The third-order valence-electron chi connectivity index (χ3n) is 0.950. The second kappa shape index (κ2) is 3.36. The van der Waals surface area contributed by atoms with Gasteiger partial charge in [-0.15, -0.1) is 10.2 Å². The van der Waals surface area contributed by atoms with Gasteiger partial charge in [0.2, 0.25) is 0 Å². The molecule has 0 aromatic carbocycles. The summed E-state index contributed by atoms with van der Waals surface area (Å²) in [4.78, 5) is 9.93. The Hall–Kier alpha value is -0.840. The molecule has 0 N–H and O–H groups in total. The molecule has 5 heteroatoms. The van der Waals surface area contributed by atoms with Gasteiger partial charge in [-0.25, -0.2) is 0 Å². The number of nitrogens with zero attached hydrogens (tertiary/aromatic N) is 3. The van der Waals surface area contributed by atoms with Crippen LogP contribution in [0.5, 0.6) is 0 Å². The maximum Gasteiger partial charge on any atom is 0.191 e. The largest absolute Gasteiger partial charge is 0.312 e. The molecular formula is C5H7N3OS. The lowest BCUT2D eigenvalue weighted by Gasteiger charge is -1.92. The van der Waals surface area contributed by atoms with E-state index < -0.39 is 0 Å². The number of aryl methyl sites for hydroxylation is 1. The van der Waals surface area contributed by atoms with E-state index in [1.165, 1.54) is 11.8 Å². The average Bonchev–Trinajstić information content (AvgIpc) is 2.31. The highest BCUT2D eigenvalue weighted by Crippen LogP contribution is 2.10. The van der Waals surface area contributed by atoms with E-state index in [1.54, 1.807) is 10.9 Å². The number of carbonyl (C=O) groups excluding carboxylic acids is 1. The molecular weight excluding hydrogens is 150 g/mol. The maximum absolute atomic E-state index is 9.93. The van der Waals surface area contributed by atoms with E-state index in [4.69, 9.17) is 0 Å². The summed E-state index contributed by atoms with van der Waals surface area (Å²) in [5.74, 6) is 0.437. The van der Waals surface area contributed by atoms with Gasteiger partial charge in [0.25, 0.3) is 0 Å². The summed E-state index contributed by atoms with van der Waals surface area (Å²) < 4.78 is 1.77. The predicted molar refractivity (Wildman–Crippen MR) is 37.8 cm³/mol. The van der Waals surface area contributed by atoms with Gasteiger partial charge in [0, 0.05) is 7.05 Å². The van der Waals surface area contributed by atoms with Crippen molar-refractivity contribution in [1.29, 1.82) is 0 Å².